The first-order chi connectivity index (χ1) is 13.0. The van der Waals surface area contributed by atoms with Crippen LogP contribution in [0.1, 0.15) is 24.3 Å². The molecule has 1 amide bonds. The number of hydrazone groups is 1. The van der Waals surface area contributed by atoms with Gasteiger partial charge in [0.05, 0.1) is 4.92 Å². The molecule has 0 aromatic heterocycles. The van der Waals surface area contributed by atoms with Crippen LogP contribution in [0.3, 0.4) is 0 Å². The number of fused-ring (bicyclic) bond motifs is 1. The molecule has 0 saturated carbocycles. The number of nitrogens with zero attached hydrogens (tertiary/aromatic N) is 3. The summed E-state index contributed by atoms with van der Waals surface area (Å²) in [5, 5.41) is 18.5. The van der Waals surface area contributed by atoms with E-state index in [1.54, 1.807) is 12.1 Å². The van der Waals surface area contributed by atoms with Gasteiger partial charge in [-0.25, -0.2) is 0 Å². The van der Waals surface area contributed by atoms with Gasteiger partial charge in [-0.3, -0.25) is 14.9 Å². The molecule has 27 heavy (non-hydrogen) atoms. The van der Waals surface area contributed by atoms with Crippen LogP contribution in [0.15, 0.2) is 71.8 Å². The van der Waals surface area contributed by atoms with Crippen molar-refractivity contribution >= 4 is 28.3 Å². The van der Waals surface area contributed by atoms with Gasteiger partial charge in [-0.1, -0.05) is 30.3 Å². The summed E-state index contributed by atoms with van der Waals surface area (Å²) in [6, 6.07) is 19.6. The van der Waals surface area contributed by atoms with E-state index in [0.717, 1.165) is 16.3 Å². The van der Waals surface area contributed by atoms with Crippen LogP contribution in [0, 0.1) is 10.1 Å². The number of nitro groups is 1. The van der Waals surface area contributed by atoms with Gasteiger partial charge in [-0.2, -0.15) is 5.01 Å². The van der Waals surface area contributed by atoms with Crippen LogP contribution in [-0.2, 0) is 9.53 Å². The summed E-state index contributed by atoms with van der Waals surface area (Å²) in [4.78, 5) is 22.4. The van der Waals surface area contributed by atoms with Gasteiger partial charge in [0.1, 0.15) is 0 Å². The zero-order valence-electron chi connectivity index (χ0n) is 14.4. The fraction of sp³-hybridized carbons (Fsp3) is 0.100. The Hall–Kier alpha value is -3.74. The number of non-ortho nitro benzene ring substituents is 1. The van der Waals surface area contributed by atoms with Crippen molar-refractivity contribution in [2.45, 2.75) is 13.2 Å². The van der Waals surface area contributed by atoms with E-state index < -0.39 is 11.2 Å². The maximum absolute atomic E-state index is 12.0. The predicted octanol–water partition coefficient (Wildman–Crippen LogP) is 3.99. The molecule has 3 aromatic rings. The summed E-state index contributed by atoms with van der Waals surface area (Å²) in [5.74, 6) is 0.0495. The number of hydrogen-bond donors (Lipinski definition) is 0. The van der Waals surface area contributed by atoms with Crippen LogP contribution in [-0.4, -0.2) is 21.7 Å². The molecular weight excluding hydrogens is 346 g/mol. The maximum Gasteiger partial charge on any atom is 0.269 e. The van der Waals surface area contributed by atoms with Crippen LogP contribution in [0.25, 0.3) is 10.8 Å². The second kappa shape index (κ2) is 6.53. The highest BCUT2D eigenvalue weighted by molar-refractivity contribution is 6.00. The number of carbonyl (C=O) groups is 1. The van der Waals surface area contributed by atoms with E-state index in [0.29, 0.717) is 11.5 Å². The maximum atomic E-state index is 12.0. The topological polar surface area (TPSA) is 85.0 Å². The molecule has 134 valence electrons. The van der Waals surface area contributed by atoms with Crippen molar-refractivity contribution in [2.75, 3.05) is 0 Å². The first-order valence-corrected chi connectivity index (χ1v) is 8.31. The van der Waals surface area contributed by atoms with Crippen LogP contribution >= 0.6 is 0 Å². The van der Waals surface area contributed by atoms with Crippen LogP contribution < -0.4 is 0 Å². The second-order valence-electron chi connectivity index (χ2n) is 6.15. The number of nitro benzene ring substituents is 1. The molecule has 0 saturated heterocycles. The molecule has 1 aliphatic heterocycles. The highest BCUT2D eigenvalue weighted by Crippen LogP contribution is 2.31. The molecule has 4 rings (SSSR count). The van der Waals surface area contributed by atoms with Crippen molar-refractivity contribution in [3.8, 4) is 0 Å². The van der Waals surface area contributed by atoms with Crippen molar-refractivity contribution in [2.24, 2.45) is 5.10 Å². The van der Waals surface area contributed by atoms with Crippen LogP contribution in [0.4, 0.5) is 5.69 Å². The number of carbonyl (C=O) groups excluding carboxylic acids is 1. The van der Waals surface area contributed by atoms with Crippen molar-refractivity contribution in [1.29, 1.82) is 0 Å². The van der Waals surface area contributed by atoms with Crippen molar-refractivity contribution in [3.05, 3.63) is 88.0 Å². The highest BCUT2D eigenvalue weighted by atomic mass is 16.6. The van der Waals surface area contributed by atoms with E-state index in [-0.39, 0.29) is 11.6 Å². The zero-order chi connectivity index (χ0) is 19.0. The van der Waals surface area contributed by atoms with Gasteiger partial charge in [0, 0.05) is 30.2 Å². The predicted molar refractivity (Wildman–Crippen MR) is 99.9 cm³/mol. The smallest absolute Gasteiger partial charge is 0.269 e. The number of hydrogen-bond acceptors (Lipinski definition) is 5. The van der Waals surface area contributed by atoms with E-state index in [1.165, 1.54) is 24.1 Å². The van der Waals surface area contributed by atoms with Crippen molar-refractivity contribution in [1.82, 2.24) is 5.01 Å². The number of amides is 1. The lowest BCUT2D eigenvalue weighted by Crippen LogP contribution is -2.25. The average Bonchev–Trinajstić information content (AvgIpc) is 3.13. The summed E-state index contributed by atoms with van der Waals surface area (Å²) in [6.45, 7) is 1.40. The Labute approximate surface area is 154 Å². The molecule has 0 N–H and O–H groups in total. The van der Waals surface area contributed by atoms with Crippen molar-refractivity contribution in [3.63, 3.8) is 0 Å². The third-order valence-electron chi connectivity index (χ3n) is 4.35. The Morgan fingerprint density at radius 3 is 2.44 bits per heavy atom. The molecule has 0 bridgehead atoms. The van der Waals surface area contributed by atoms with Gasteiger partial charge in [0.15, 0.2) is 0 Å². The summed E-state index contributed by atoms with van der Waals surface area (Å²) in [5.41, 5.74) is 1.33. The minimum Gasteiger partial charge on any atom is -0.446 e. The normalized spacial score (nSPS) is 16.1. The monoisotopic (exact) mass is 361 g/mol. The standard InChI is InChI=1S/C20H15N3O4/c1-13(24)22-20(15-8-10-18(11-9-15)23(25)26)27-19(21-22)17-7-6-14-4-2-3-5-16(14)12-17/h2-12,20H,1H3. The molecule has 0 fully saturated rings. The fourth-order valence-corrected chi connectivity index (χ4v) is 2.98. The Kier molecular flexibility index (Phi) is 4.04. The molecule has 1 atom stereocenters. The first kappa shape index (κ1) is 16.7. The fourth-order valence-electron chi connectivity index (χ4n) is 2.98. The van der Waals surface area contributed by atoms with Crippen LogP contribution in [0.5, 0.6) is 0 Å². The minimum absolute atomic E-state index is 0.0261. The highest BCUT2D eigenvalue weighted by Gasteiger charge is 2.33. The van der Waals surface area contributed by atoms with Gasteiger partial charge in [0.2, 0.25) is 18.0 Å². The largest absolute Gasteiger partial charge is 0.446 e. The van der Waals surface area contributed by atoms with Crippen LogP contribution in [0.2, 0.25) is 0 Å². The first-order valence-electron chi connectivity index (χ1n) is 8.31. The molecule has 7 heteroatoms. The summed E-state index contributed by atoms with van der Waals surface area (Å²) < 4.78 is 5.94. The SMILES string of the molecule is CC(=O)N1N=C(c2ccc3ccccc3c2)OC1c1ccc([N+](=O)[O-])cc1. The van der Waals surface area contributed by atoms with Gasteiger partial charge in [0.25, 0.3) is 5.69 Å². The molecule has 1 heterocycles. The molecule has 1 aliphatic rings. The Morgan fingerprint density at radius 1 is 1.07 bits per heavy atom. The van der Waals surface area contributed by atoms with Gasteiger partial charge in [-0.05, 0) is 35.0 Å². The third kappa shape index (κ3) is 3.10. The quantitative estimate of drug-likeness (QED) is 0.521. The summed E-state index contributed by atoms with van der Waals surface area (Å²) in [6.07, 6.45) is -0.759. The zero-order valence-corrected chi connectivity index (χ0v) is 14.4. The number of rotatable bonds is 3. The molecule has 0 spiro atoms. The minimum atomic E-state index is -0.759. The number of ether oxygens (including phenoxy) is 1. The van der Waals surface area contributed by atoms with Gasteiger partial charge < -0.3 is 4.74 Å². The average molecular weight is 361 g/mol. The van der Waals surface area contributed by atoms with Gasteiger partial charge in [-0.15, -0.1) is 5.10 Å². The Morgan fingerprint density at radius 2 is 1.78 bits per heavy atom. The lowest BCUT2D eigenvalue weighted by atomic mass is 10.1. The summed E-state index contributed by atoms with van der Waals surface area (Å²) in [7, 11) is 0. The third-order valence-corrected chi connectivity index (χ3v) is 4.35. The van der Waals surface area contributed by atoms with Gasteiger partial charge >= 0.3 is 0 Å². The van der Waals surface area contributed by atoms with E-state index >= 15 is 0 Å². The Bertz CT molecular complexity index is 1080. The molecule has 0 radical (unpaired) electrons. The van der Waals surface area contributed by atoms with E-state index in [4.69, 9.17) is 4.74 Å². The number of benzene rings is 3. The lowest BCUT2D eigenvalue weighted by Gasteiger charge is -2.19. The molecule has 0 aliphatic carbocycles. The Balaban J connectivity index is 1.68. The summed E-state index contributed by atoms with van der Waals surface area (Å²) >= 11 is 0. The molecule has 3 aromatic carbocycles. The molecule has 7 nitrogen and oxygen atoms in total. The molecule has 1 unspecified atom stereocenters. The molecular formula is C20H15N3O4. The second-order valence-corrected chi connectivity index (χ2v) is 6.15. The van der Waals surface area contributed by atoms with Crippen molar-refractivity contribution < 1.29 is 14.5 Å². The van der Waals surface area contributed by atoms with E-state index in [2.05, 4.69) is 5.10 Å². The lowest BCUT2D eigenvalue weighted by molar-refractivity contribution is -0.384. The van der Waals surface area contributed by atoms with E-state index in [9.17, 15) is 14.9 Å². The van der Waals surface area contributed by atoms with E-state index in [1.807, 2.05) is 42.5 Å².